The number of allylic oxidation sites excluding steroid dienone is 3. The zero-order valence-electron chi connectivity index (χ0n) is 17.0. The van der Waals surface area contributed by atoms with Crippen molar-refractivity contribution in [2.75, 3.05) is 0 Å². The average Bonchev–Trinajstić information content (AvgIpc) is 3.14. The van der Waals surface area contributed by atoms with Gasteiger partial charge >= 0.3 is 0 Å². The molecule has 0 aliphatic carbocycles. The highest BCUT2D eigenvalue weighted by Crippen LogP contribution is 2.32. The van der Waals surface area contributed by atoms with Crippen molar-refractivity contribution in [2.24, 2.45) is 0 Å². The predicted molar refractivity (Wildman–Crippen MR) is 130 cm³/mol. The van der Waals surface area contributed by atoms with Gasteiger partial charge in [-0.2, -0.15) is 0 Å². The minimum atomic E-state index is 1.02. The van der Waals surface area contributed by atoms with Gasteiger partial charge in [0.05, 0.1) is 11.0 Å². The Balaban J connectivity index is 1.54. The molecule has 0 amide bonds. The molecule has 0 spiro atoms. The summed E-state index contributed by atoms with van der Waals surface area (Å²) < 4.78 is 2.34. The van der Waals surface area contributed by atoms with Gasteiger partial charge in [0.15, 0.2) is 0 Å². The molecule has 0 bridgehead atoms. The smallest absolute Gasteiger partial charge is 0.0541 e. The fourth-order valence-corrected chi connectivity index (χ4v) is 4.15. The van der Waals surface area contributed by atoms with Gasteiger partial charge in [0.2, 0.25) is 0 Å². The van der Waals surface area contributed by atoms with E-state index in [2.05, 4.69) is 121 Å². The third-order valence-corrected chi connectivity index (χ3v) is 5.70. The average molecular weight is 386 g/mol. The predicted octanol–water partition coefficient (Wildman–Crippen LogP) is 7.90. The maximum Gasteiger partial charge on any atom is 0.0541 e. The van der Waals surface area contributed by atoms with E-state index < -0.39 is 0 Å². The van der Waals surface area contributed by atoms with E-state index in [9.17, 15) is 0 Å². The van der Waals surface area contributed by atoms with Crippen LogP contribution in [0.4, 0.5) is 0 Å². The largest absolute Gasteiger partial charge is 0.309 e. The van der Waals surface area contributed by atoms with E-state index in [1.807, 2.05) is 6.07 Å². The van der Waals surface area contributed by atoms with Crippen LogP contribution in [-0.4, -0.2) is 4.57 Å². The summed E-state index contributed by atoms with van der Waals surface area (Å²) in [6.07, 6.45) is 2.16. The van der Waals surface area contributed by atoms with E-state index in [0.717, 1.165) is 16.8 Å². The molecule has 0 aliphatic rings. The van der Waals surface area contributed by atoms with E-state index in [0.29, 0.717) is 0 Å². The highest BCUT2D eigenvalue weighted by atomic mass is 15.0. The molecule has 4 aromatic carbocycles. The number of hydrogen-bond donors (Lipinski definition) is 0. The first-order valence-corrected chi connectivity index (χ1v) is 10.2. The molecule has 0 saturated carbocycles. The Labute approximate surface area is 177 Å². The highest BCUT2D eigenvalue weighted by molar-refractivity contribution is 6.09. The first-order chi connectivity index (χ1) is 14.7. The summed E-state index contributed by atoms with van der Waals surface area (Å²) in [4.78, 5) is 0. The van der Waals surface area contributed by atoms with Crippen molar-refractivity contribution in [1.29, 1.82) is 0 Å². The Hall–Kier alpha value is -3.84. The van der Waals surface area contributed by atoms with Crippen LogP contribution in [0, 0.1) is 0 Å². The van der Waals surface area contributed by atoms with E-state index in [-0.39, 0.29) is 0 Å². The van der Waals surface area contributed by atoms with Crippen molar-refractivity contribution in [3.63, 3.8) is 0 Å². The Morgan fingerprint density at radius 2 is 1.17 bits per heavy atom. The van der Waals surface area contributed by atoms with Gasteiger partial charge in [-0.25, -0.2) is 0 Å². The summed E-state index contributed by atoms with van der Waals surface area (Å²) >= 11 is 0. The van der Waals surface area contributed by atoms with Crippen LogP contribution >= 0.6 is 0 Å². The second kappa shape index (κ2) is 7.53. The molecule has 30 heavy (non-hydrogen) atoms. The number of rotatable bonds is 4. The Morgan fingerprint density at radius 1 is 0.633 bits per heavy atom. The van der Waals surface area contributed by atoms with Gasteiger partial charge in [-0.05, 0) is 53.5 Å². The van der Waals surface area contributed by atoms with E-state index in [1.54, 1.807) is 0 Å². The Kier molecular flexibility index (Phi) is 4.57. The Morgan fingerprint density at radius 3 is 1.77 bits per heavy atom. The number of fused-ring (bicyclic) bond motifs is 3. The van der Waals surface area contributed by atoms with Gasteiger partial charge in [0, 0.05) is 16.5 Å². The van der Waals surface area contributed by atoms with Crippen LogP contribution in [0.5, 0.6) is 0 Å². The van der Waals surface area contributed by atoms with Crippen LogP contribution in [-0.2, 0) is 0 Å². The quantitative estimate of drug-likeness (QED) is 0.277. The van der Waals surface area contributed by atoms with Crippen molar-refractivity contribution < 1.29 is 0 Å². The van der Waals surface area contributed by atoms with Crippen LogP contribution in [0.2, 0.25) is 0 Å². The number of para-hydroxylation sites is 2. The lowest BCUT2D eigenvalue weighted by Gasteiger charge is -2.10. The summed E-state index contributed by atoms with van der Waals surface area (Å²) in [6, 6.07) is 36.3. The van der Waals surface area contributed by atoms with Crippen molar-refractivity contribution in [1.82, 2.24) is 4.57 Å². The van der Waals surface area contributed by atoms with Crippen molar-refractivity contribution in [2.45, 2.75) is 6.92 Å². The third kappa shape index (κ3) is 3.15. The van der Waals surface area contributed by atoms with Gasteiger partial charge < -0.3 is 4.57 Å². The van der Waals surface area contributed by atoms with Crippen LogP contribution in [0.3, 0.4) is 0 Å². The lowest BCUT2D eigenvalue weighted by molar-refractivity contribution is 1.18. The monoisotopic (exact) mass is 385 g/mol. The van der Waals surface area contributed by atoms with Gasteiger partial charge in [-0.1, -0.05) is 91.5 Å². The number of benzene rings is 4. The minimum absolute atomic E-state index is 1.02. The number of aromatic nitrogens is 1. The van der Waals surface area contributed by atoms with Crippen molar-refractivity contribution >= 4 is 33.0 Å². The van der Waals surface area contributed by atoms with E-state index in [1.165, 1.54) is 32.9 Å². The fourth-order valence-electron chi connectivity index (χ4n) is 4.15. The molecule has 5 aromatic rings. The summed E-state index contributed by atoms with van der Waals surface area (Å²) in [7, 11) is 0. The Bertz CT molecular complexity index is 1330. The van der Waals surface area contributed by atoms with Crippen LogP contribution in [0.15, 0.2) is 116 Å². The van der Waals surface area contributed by atoms with Gasteiger partial charge in [-0.15, -0.1) is 0 Å². The van der Waals surface area contributed by atoms with Gasteiger partial charge in [0.25, 0.3) is 0 Å². The molecule has 0 N–H and O–H groups in total. The molecule has 5 rings (SSSR count). The molecular weight excluding hydrogens is 362 g/mol. The topological polar surface area (TPSA) is 4.93 Å². The zero-order valence-corrected chi connectivity index (χ0v) is 17.0. The maximum absolute atomic E-state index is 4.30. The molecule has 1 heterocycles. The van der Waals surface area contributed by atoms with Crippen molar-refractivity contribution in [3.8, 4) is 5.69 Å². The highest BCUT2D eigenvalue weighted by Gasteiger charge is 2.11. The summed E-state index contributed by atoms with van der Waals surface area (Å²) in [6.45, 7) is 6.43. The second-order valence-corrected chi connectivity index (χ2v) is 7.64. The standard InChI is InChI=1S/C29H23N/c1-21(23-10-4-3-5-11-23)20-22(2)24-16-18-25(19-17-24)30-28-14-8-6-12-26(28)27-13-7-9-15-29(27)30/h3-20H,2H2,1H3/b21-20+. The number of hydrogen-bond acceptors (Lipinski definition) is 0. The molecule has 1 nitrogen and oxygen atoms in total. The second-order valence-electron chi connectivity index (χ2n) is 7.64. The molecule has 1 heteroatoms. The van der Waals surface area contributed by atoms with Crippen LogP contribution in [0.25, 0.3) is 38.6 Å². The summed E-state index contributed by atoms with van der Waals surface area (Å²) in [5, 5.41) is 2.56. The molecule has 0 radical (unpaired) electrons. The third-order valence-electron chi connectivity index (χ3n) is 5.70. The van der Waals surface area contributed by atoms with Crippen LogP contribution in [0.1, 0.15) is 18.1 Å². The molecule has 0 aliphatic heterocycles. The molecule has 0 fully saturated rings. The molecule has 144 valence electrons. The fraction of sp³-hybridized carbons (Fsp3) is 0.0345. The molecule has 1 aromatic heterocycles. The van der Waals surface area contributed by atoms with Gasteiger partial charge in [0.1, 0.15) is 0 Å². The van der Waals surface area contributed by atoms with Crippen molar-refractivity contribution in [3.05, 3.63) is 127 Å². The first kappa shape index (κ1) is 18.2. The molecular formula is C29H23N. The SMILES string of the molecule is C=C(/C=C(\C)c1ccccc1)c1ccc(-n2c3ccccc3c3ccccc32)cc1. The summed E-state index contributed by atoms with van der Waals surface area (Å²) in [5.74, 6) is 0. The van der Waals surface area contributed by atoms with E-state index >= 15 is 0 Å². The first-order valence-electron chi connectivity index (χ1n) is 10.2. The maximum atomic E-state index is 4.30. The minimum Gasteiger partial charge on any atom is -0.309 e. The molecule has 0 unspecified atom stereocenters. The summed E-state index contributed by atoms with van der Waals surface area (Å²) in [5.41, 5.74) is 8.20. The number of nitrogens with zero attached hydrogens (tertiary/aromatic N) is 1. The molecule has 0 atom stereocenters. The van der Waals surface area contributed by atoms with Crippen LogP contribution < -0.4 is 0 Å². The normalized spacial score (nSPS) is 11.8. The van der Waals surface area contributed by atoms with Gasteiger partial charge in [-0.3, -0.25) is 0 Å². The van der Waals surface area contributed by atoms with E-state index in [4.69, 9.17) is 0 Å². The lowest BCUT2D eigenvalue weighted by Crippen LogP contribution is -1.94. The lowest BCUT2D eigenvalue weighted by atomic mass is 10.0. The molecule has 0 saturated heterocycles. The zero-order chi connectivity index (χ0) is 20.5.